The first kappa shape index (κ1) is 29.4. The molecule has 0 fully saturated rings. The van der Waals surface area contributed by atoms with E-state index >= 15 is 0 Å². The Morgan fingerprint density at radius 3 is 1.33 bits per heavy atom. The lowest BCUT2D eigenvalue weighted by molar-refractivity contribution is -0.119. The van der Waals surface area contributed by atoms with Crippen molar-refractivity contribution < 1.29 is 40.6 Å². The standard InChI is InChI=1S/C25H34O9S2/c1-7-33-22-13-17(9-11-20(22)31-3)24(35(5,27)28)15-19(26)16-25(36(6,29)30)18-10-12-21(32-4)23(14-18)34-8-2/h9-14,24-25H,7-8,15-16H2,1-6H3. The van der Waals surface area contributed by atoms with Crippen molar-refractivity contribution in [2.75, 3.05) is 39.9 Å². The number of hydrogen-bond donors (Lipinski definition) is 0. The van der Waals surface area contributed by atoms with Crippen LogP contribution in [-0.4, -0.2) is 62.6 Å². The lowest BCUT2D eigenvalue weighted by atomic mass is 10.0. The number of Topliss-reactive ketones (excluding diaryl/α,β-unsaturated/α-hetero) is 1. The van der Waals surface area contributed by atoms with Gasteiger partial charge in [0.1, 0.15) is 5.78 Å². The third-order valence-corrected chi connectivity index (χ3v) is 8.52. The maximum Gasteiger partial charge on any atom is 0.161 e. The van der Waals surface area contributed by atoms with Crippen molar-refractivity contribution in [3.63, 3.8) is 0 Å². The largest absolute Gasteiger partial charge is 0.493 e. The molecule has 0 saturated carbocycles. The molecule has 0 aromatic heterocycles. The molecule has 2 unspecified atom stereocenters. The minimum absolute atomic E-state index is 0.337. The van der Waals surface area contributed by atoms with Crippen molar-refractivity contribution in [3.05, 3.63) is 47.5 Å². The van der Waals surface area contributed by atoms with E-state index in [2.05, 4.69) is 0 Å². The van der Waals surface area contributed by atoms with Crippen LogP contribution in [0.3, 0.4) is 0 Å². The number of ether oxygens (including phenoxy) is 4. The quantitative estimate of drug-likeness (QED) is 0.351. The van der Waals surface area contributed by atoms with Crippen LogP contribution in [0.4, 0.5) is 0 Å². The number of ketones is 1. The second-order valence-corrected chi connectivity index (χ2v) is 12.7. The van der Waals surface area contributed by atoms with E-state index in [4.69, 9.17) is 18.9 Å². The zero-order valence-corrected chi connectivity index (χ0v) is 23.1. The van der Waals surface area contributed by atoms with Gasteiger partial charge in [-0.2, -0.15) is 0 Å². The molecule has 0 saturated heterocycles. The molecule has 0 aliphatic carbocycles. The summed E-state index contributed by atoms with van der Waals surface area (Å²) in [4.78, 5) is 13.1. The molecular weight excluding hydrogens is 508 g/mol. The van der Waals surface area contributed by atoms with Gasteiger partial charge >= 0.3 is 0 Å². The molecule has 11 heteroatoms. The minimum Gasteiger partial charge on any atom is -0.493 e. The monoisotopic (exact) mass is 542 g/mol. The van der Waals surface area contributed by atoms with Crippen molar-refractivity contribution in [3.8, 4) is 23.0 Å². The van der Waals surface area contributed by atoms with Gasteiger partial charge < -0.3 is 18.9 Å². The molecule has 2 aromatic rings. The number of rotatable bonds is 14. The molecule has 0 aliphatic rings. The summed E-state index contributed by atoms with van der Waals surface area (Å²) in [6, 6.07) is 9.35. The highest BCUT2D eigenvalue weighted by atomic mass is 32.2. The second kappa shape index (κ2) is 12.4. The van der Waals surface area contributed by atoms with Crippen LogP contribution in [0.25, 0.3) is 0 Å². The van der Waals surface area contributed by atoms with Crippen molar-refractivity contribution in [2.45, 2.75) is 37.2 Å². The normalized spacial score (nSPS) is 13.5. The molecule has 2 aromatic carbocycles. The Balaban J connectivity index is 2.41. The summed E-state index contributed by atoms with van der Waals surface area (Å²) in [5, 5.41) is -2.35. The highest BCUT2D eigenvalue weighted by Crippen LogP contribution is 2.37. The van der Waals surface area contributed by atoms with Crippen LogP contribution in [-0.2, 0) is 24.5 Å². The summed E-state index contributed by atoms with van der Waals surface area (Å²) in [5.41, 5.74) is 0.711. The number of benzene rings is 2. The van der Waals surface area contributed by atoms with Crippen LogP contribution in [0.15, 0.2) is 36.4 Å². The molecule has 0 N–H and O–H groups in total. The summed E-state index contributed by atoms with van der Waals surface area (Å²) in [6.45, 7) is 4.24. The summed E-state index contributed by atoms with van der Waals surface area (Å²) in [5.74, 6) is 1.06. The maximum absolute atomic E-state index is 13.1. The van der Waals surface area contributed by atoms with Gasteiger partial charge in [0.05, 0.1) is 37.9 Å². The lowest BCUT2D eigenvalue weighted by Crippen LogP contribution is -2.20. The molecule has 36 heavy (non-hydrogen) atoms. The van der Waals surface area contributed by atoms with Crippen LogP contribution in [0.2, 0.25) is 0 Å². The summed E-state index contributed by atoms with van der Waals surface area (Å²) in [6.07, 6.45) is 1.30. The van der Waals surface area contributed by atoms with Gasteiger partial charge in [0.2, 0.25) is 0 Å². The highest BCUT2D eigenvalue weighted by Gasteiger charge is 2.31. The first-order valence-electron chi connectivity index (χ1n) is 11.4. The summed E-state index contributed by atoms with van der Waals surface area (Å²) >= 11 is 0. The van der Waals surface area contributed by atoms with Gasteiger partial charge in [-0.25, -0.2) is 16.8 Å². The predicted molar refractivity (Wildman–Crippen MR) is 138 cm³/mol. The molecule has 2 atom stereocenters. The number of methoxy groups -OCH3 is 2. The summed E-state index contributed by atoms with van der Waals surface area (Å²) in [7, 11) is -4.52. The molecule has 0 amide bonds. The molecule has 0 aliphatic heterocycles. The van der Waals surface area contributed by atoms with Crippen LogP contribution in [0.1, 0.15) is 48.3 Å². The van der Waals surface area contributed by atoms with E-state index in [1.165, 1.54) is 26.4 Å². The highest BCUT2D eigenvalue weighted by molar-refractivity contribution is 7.91. The molecule has 0 bridgehead atoms. The van der Waals surface area contributed by atoms with E-state index in [1.807, 2.05) is 0 Å². The Morgan fingerprint density at radius 2 is 1.06 bits per heavy atom. The van der Waals surface area contributed by atoms with Crippen LogP contribution in [0.5, 0.6) is 23.0 Å². The molecule has 0 spiro atoms. The molecule has 9 nitrogen and oxygen atoms in total. The maximum atomic E-state index is 13.1. The van der Waals surface area contributed by atoms with Gasteiger partial charge in [-0.3, -0.25) is 4.79 Å². The van der Waals surface area contributed by atoms with E-state index in [0.29, 0.717) is 47.3 Å². The third-order valence-electron chi connectivity index (χ3n) is 5.58. The zero-order chi connectivity index (χ0) is 27.1. The SMILES string of the molecule is CCOc1cc(C(CC(=O)CC(c2ccc(OC)c(OCC)c2)S(C)(=O)=O)S(C)(=O)=O)ccc1OC. The molecule has 2 rings (SSSR count). The average molecular weight is 543 g/mol. The fraction of sp³-hybridized carbons (Fsp3) is 0.480. The molecule has 0 radical (unpaired) electrons. The number of carbonyl (C=O) groups is 1. The van der Waals surface area contributed by atoms with Gasteiger partial charge in [-0.1, -0.05) is 12.1 Å². The smallest absolute Gasteiger partial charge is 0.161 e. The van der Waals surface area contributed by atoms with Gasteiger partial charge in [0.25, 0.3) is 0 Å². The van der Waals surface area contributed by atoms with Crippen molar-refractivity contribution in [2.24, 2.45) is 0 Å². The fourth-order valence-electron chi connectivity index (χ4n) is 3.85. The first-order valence-corrected chi connectivity index (χ1v) is 15.3. The Kier molecular flexibility index (Phi) is 10.2. The summed E-state index contributed by atoms with van der Waals surface area (Å²) < 4.78 is 72.2. The first-order chi connectivity index (χ1) is 16.8. The van der Waals surface area contributed by atoms with Gasteiger partial charge in [-0.15, -0.1) is 0 Å². The molecule has 0 heterocycles. The van der Waals surface area contributed by atoms with Crippen molar-refractivity contribution >= 4 is 25.5 Å². The van der Waals surface area contributed by atoms with Crippen molar-refractivity contribution in [1.29, 1.82) is 0 Å². The number of sulfone groups is 2. The van der Waals surface area contributed by atoms with E-state index in [1.54, 1.807) is 38.1 Å². The van der Waals surface area contributed by atoms with Crippen LogP contribution < -0.4 is 18.9 Å². The van der Waals surface area contributed by atoms with E-state index in [0.717, 1.165) is 12.5 Å². The van der Waals surface area contributed by atoms with Crippen molar-refractivity contribution in [1.82, 2.24) is 0 Å². The second-order valence-electron chi connectivity index (χ2n) is 8.27. The Labute approximate surface area is 213 Å². The minimum atomic E-state index is -3.73. The molecular formula is C25H34O9S2. The lowest BCUT2D eigenvalue weighted by Gasteiger charge is -2.20. The topological polar surface area (TPSA) is 122 Å². The van der Waals surface area contributed by atoms with E-state index in [-0.39, 0.29) is 0 Å². The third kappa shape index (κ3) is 7.60. The Morgan fingerprint density at radius 1 is 0.694 bits per heavy atom. The van der Waals surface area contributed by atoms with Gasteiger partial charge in [0.15, 0.2) is 42.7 Å². The zero-order valence-electron chi connectivity index (χ0n) is 21.4. The molecule has 200 valence electrons. The average Bonchev–Trinajstić information content (AvgIpc) is 2.80. The Hall–Kier alpha value is -2.79. The Bertz CT molecular complexity index is 1170. The van der Waals surface area contributed by atoms with Gasteiger partial charge in [0, 0.05) is 25.4 Å². The predicted octanol–water partition coefficient (Wildman–Crippen LogP) is 3.72. The van der Waals surface area contributed by atoms with E-state index in [9.17, 15) is 21.6 Å². The van der Waals surface area contributed by atoms with E-state index < -0.39 is 48.8 Å². The number of carbonyl (C=O) groups excluding carboxylic acids is 1. The number of hydrogen-bond acceptors (Lipinski definition) is 9. The van der Waals surface area contributed by atoms with Gasteiger partial charge in [-0.05, 0) is 49.2 Å². The fourth-order valence-corrected chi connectivity index (χ4v) is 6.11. The van der Waals surface area contributed by atoms with Crippen LogP contribution >= 0.6 is 0 Å². The van der Waals surface area contributed by atoms with Crippen LogP contribution in [0, 0.1) is 0 Å².